The first-order valence-corrected chi connectivity index (χ1v) is 6.43. The molecule has 1 heterocycles. The fourth-order valence-corrected chi connectivity index (χ4v) is 2.14. The Balaban J connectivity index is 1.79. The molecular formula is C14H17F2NO2. The molecule has 3 nitrogen and oxygen atoms in total. The number of halogens is 2. The Morgan fingerprint density at radius 2 is 2.05 bits per heavy atom. The molecule has 0 saturated carbocycles. The van der Waals surface area contributed by atoms with Gasteiger partial charge < -0.3 is 10.1 Å². The highest BCUT2D eigenvalue weighted by Crippen LogP contribution is 2.18. The summed E-state index contributed by atoms with van der Waals surface area (Å²) >= 11 is 0. The largest absolute Gasteiger partial charge is 0.381 e. The van der Waals surface area contributed by atoms with Crippen molar-refractivity contribution in [3.63, 3.8) is 0 Å². The number of rotatable bonds is 4. The van der Waals surface area contributed by atoms with Crippen LogP contribution in [0.2, 0.25) is 0 Å². The smallest absolute Gasteiger partial charge is 0.220 e. The average molecular weight is 269 g/mol. The third-order valence-electron chi connectivity index (χ3n) is 3.31. The Hall–Kier alpha value is -1.49. The van der Waals surface area contributed by atoms with E-state index in [0.717, 1.165) is 18.9 Å². The summed E-state index contributed by atoms with van der Waals surface area (Å²) in [6.45, 7) is 1.49. The lowest BCUT2D eigenvalue weighted by molar-refractivity contribution is -0.122. The SMILES string of the molecule is O=C(CC1CCOCC1)NCc1ccc(F)cc1F. The Bertz CT molecular complexity index is 445. The summed E-state index contributed by atoms with van der Waals surface area (Å²) in [5, 5.41) is 2.66. The highest BCUT2D eigenvalue weighted by Gasteiger charge is 2.17. The van der Waals surface area contributed by atoms with Gasteiger partial charge in [-0.05, 0) is 24.8 Å². The fraction of sp³-hybridized carbons (Fsp3) is 0.500. The predicted octanol–water partition coefficient (Wildman–Crippen LogP) is 2.40. The summed E-state index contributed by atoms with van der Waals surface area (Å²) in [4.78, 5) is 11.7. The van der Waals surface area contributed by atoms with Crippen LogP contribution in [-0.4, -0.2) is 19.1 Å². The summed E-state index contributed by atoms with van der Waals surface area (Å²) < 4.78 is 31.3. The lowest BCUT2D eigenvalue weighted by Crippen LogP contribution is -2.27. The highest BCUT2D eigenvalue weighted by atomic mass is 19.1. The van der Waals surface area contributed by atoms with E-state index >= 15 is 0 Å². The molecule has 1 aromatic carbocycles. The van der Waals surface area contributed by atoms with Crippen LogP contribution in [0.15, 0.2) is 18.2 Å². The molecule has 1 saturated heterocycles. The van der Waals surface area contributed by atoms with Gasteiger partial charge in [0.1, 0.15) is 11.6 Å². The van der Waals surface area contributed by atoms with Crippen molar-refractivity contribution in [3.05, 3.63) is 35.4 Å². The molecule has 19 heavy (non-hydrogen) atoms. The second-order valence-corrected chi connectivity index (χ2v) is 4.77. The minimum Gasteiger partial charge on any atom is -0.381 e. The standard InChI is InChI=1S/C14H17F2NO2/c15-12-2-1-11(13(16)8-12)9-17-14(18)7-10-3-5-19-6-4-10/h1-2,8,10H,3-7,9H2,(H,17,18). The van der Waals surface area contributed by atoms with Crippen LogP contribution in [-0.2, 0) is 16.1 Å². The number of amides is 1. The summed E-state index contributed by atoms with van der Waals surface area (Å²) in [5.74, 6) is -1.01. The van der Waals surface area contributed by atoms with Gasteiger partial charge in [-0.25, -0.2) is 8.78 Å². The van der Waals surface area contributed by atoms with E-state index in [1.165, 1.54) is 12.1 Å². The first-order chi connectivity index (χ1) is 9.15. The first-order valence-electron chi connectivity index (χ1n) is 6.43. The van der Waals surface area contributed by atoms with Gasteiger partial charge in [0.15, 0.2) is 0 Å². The zero-order valence-electron chi connectivity index (χ0n) is 10.6. The molecule has 1 aromatic rings. The van der Waals surface area contributed by atoms with Gasteiger partial charge in [0.05, 0.1) is 0 Å². The van der Waals surface area contributed by atoms with Gasteiger partial charge in [-0.2, -0.15) is 0 Å². The Morgan fingerprint density at radius 1 is 1.32 bits per heavy atom. The maximum Gasteiger partial charge on any atom is 0.220 e. The van der Waals surface area contributed by atoms with Crippen molar-refractivity contribution in [2.45, 2.75) is 25.8 Å². The molecule has 0 aliphatic carbocycles. The molecule has 2 rings (SSSR count). The van der Waals surface area contributed by atoms with Gasteiger partial charge in [-0.1, -0.05) is 6.07 Å². The second-order valence-electron chi connectivity index (χ2n) is 4.77. The maximum absolute atomic E-state index is 13.4. The number of ether oxygens (including phenoxy) is 1. The van der Waals surface area contributed by atoms with E-state index in [9.17, 15) is 13.6 Å². The van der Waals surface area contributed by atoms with Crippen LogP contribution in [0.4, 0.5) is 8.78 Å². The normalized spacial score (nSPS) is 16.3. The Labute approximate surface area is 111 Å². The summed E-state index contributed by atoms with van der Waals surface area (Å²) in [6.07, 6.45) is 2.21. The van der Waals surface area contributed by atoms with Gasteiger partial charge in [-0.3, -0.25) is 4.79 Å². The molecule has 0 atom stereocenters. The molecule has 1 amide bonds. The van der Waals surface area contributed by atoms with E-state index in [2.05, 4.69) is 5.32 Å². The van der Waals surface area contributed by atoms with Crippen LogP contribution in [0.5, 0.6) is 0 Å². The van der Waals surface area contributed by atoms with Crippen molar-refractivity contribution in [3.8, 4) is 0 Å². The van der Waals surface area contributed by atoms with Crippen molar-refractivity contribution < 1.29 is 18.3 Å². The highest BCUT2D eigenvalue weighted by molar-refractivity contribution is 5.76. The molecule has 1 N–H and O–H groups in total. The molecule has 0 bridgehead atoms. The summed E-state index contributed by atoms with van der Waals surface area (Å²) in [7, 11) is 0. The predicted molar refractivity (Wildman–Crippen MR) is 66.4 cm³/mol. The van der Waals surface area contributed by atoms with E-state index < -0.39 is 11.6 Å². The Kier molecular flexibility index (Phi) is 4.85. The lowest BCUT2D eigenvalue weighted by Gasteiger charge is -2.21. The van der Waals surface area contributed by atoms with Crippen LogP contribution >= 0.6 is 0 Å². The molecule has 1 fully saturated rings. The minimum atomic E-state index is -0.633. The van der Waals surface area contributed by atoms with Gasteiger partial charge in [-0.15, -0.1) is 0 Å². The summed E-state index contributed by atoms with van der Waals surface area (Å²) in [6, 6.07) is 3.35. The third-order valence-corrected chi connectivity index (χ3v) is 3.31. The van der Waals surface area contributed by atoms with Crippen molar-refractivity contribution in [1.82, 2.24) is 5.32 Å². The van der Waals surface area contributed by atoms with Crippen LogP contribution in [0.1, 0.15) is 24.8 Å². The Morgan fingerprint density at radius 3 is 2.74 bits per heavy atom. The van der Waals surface area contributed by atoms with E-state index in [-0.39, 0.29) is 12.5 Å². The number of carbonyl (C=O) groups excluding carboxylic acids is 1. The molecule has 0 spiro atoms. The quantitative estimate of drug-likeness (QED) is 0.911. The minimum absolute atomic E-state index is 0.0914. The number of hydrogen-bond acceptors (Lipinski definition) is 2. The zero-order valence-corrected chi connectivity index (χ0v) is 10.6. The van der Waals surface area contributed by atoms with E-state index in [1.54, 1.807) is 0 Å². The first kappa shape index (κ1) is 13.9. The van der Waals surface area contributed by atoms with Crippen LogP contribution in [0, 0.1) is 17.6 Å². The van der Waals surface area contributed by atoms with Gasteiger partial charge in [0, 0.05) is 37.8 Å². The topological polar surface area (TPSA) is 38.3 Å². The van der Waals surface area contributed by atoms with Crippen LogP contribution < -0.4 is 5.32 Å². The van der Waals surface area contributed by atoms with Gasteiger partial charge >= 0.3 is 0 Å². The van der Waals surface area contributed by atoms with Crippen molar-refractivity contribution in [1.29, 1.82) is 0 Å². The van der Waals surface area contributed by atoms with Gasteiger partial charge in [0.2, 0.25) is 5.91 Å². The molecular weight excluding hydrogens is 252 g/mol. The van der Waals surface area contributed by atoms with Crippen molar-refractivity contribution in [2.24, 2.45) is 5.92 Å². The molecule has 5 heteroatoms. The van der Waals surface area contributed by atoms with Gasteiger partial charge in [0.25, 0.3) is 0 Å². The van der Waals surface area contributed by atoms with Crippen molar-refractivity contribution in [2.75, 3.05) is 13.2 Å². The number of hydrogen-bond donors (Lipinski definition) is 1. The number of nitrogens with one attached hydrogen (secondary N) is 1. The number of benzene rings is 1. The maximum atomic E-state index is 13.4. The zero-order chi connectivity index (χ0) is 13.7. The average Bonchev–Trinajstić information content (AvgIpc) is 2.39. The monoisotopic (exact) mass is 269 g/mol. The molecule has 0 radical (unpaired) electrons. The molecule has 0 unspecified atom stereocenters. The van der Waals surface area contributed by atoms with E-state index in [0.29, 0.717) is 31.1 Å². The third kappa shape index (κ3) is 4.28. The molecule has 0 aromatic heterocycles. The van der Waals surface area contributed by atoms with Crippen LogP contribution in [0.3, 0.4) is 0 Å². The number of carbonyl (C=O) groups is 1. The fourth-order valence-electron chi connectivity index (χ4n) is 2.14. The second kappa shape index (κ2) is 6.61. The van der Waals surface area contributed by atoms with Crippen LogP contribution in [0.25, 0.3) is 0 Å². The van der Waals surface area contributed by atoms with E-state index in [4.69, 9.17) is 4.74 Å². The lowest BCUT2D eigenvalue weighted by atomic mass is 9.96. The molecule has 1 aliphatic rings. The molecule has 104 valence electrons. The van der Waals surface area contributed by atoms with Crippen molar-refractivity contribution >= 4 is 5.91 Å². The molecule has 1 aliphatic heterocycles. The summed E-state index contributed by atoms with van der Waals surface area (Å²) in [5.41, 5.74) is 0.293. The van der Waals surface area contributed by atoms with E-state index in [1.807, 2.05) is 0 Å².